The summed E-state index contributed by atoms with van der Waals surface area (Å²) in [5.41, 5.74) is 2.15. The molecule has 2 aromatic carbocycles. The van der Waals surface area contributed by atoms with Gasteiger partial charge in [0.25, 0.3) is 11.5 Å². The Morgan fingerprint density at radius 3 is 2.31 bits per heavy atom. The lowest BCUT2D eigenvalue weighted by Crippen LogP contribution is -2.30. The molecule has 29 heavy (non-hydrogen) atoms. The molecule has 146 valence electrons. The van der Waals surface area contributed by atoms with Gasteiger partial charge in [-0.3, -0.25) is 9.59 Å². The monoisotopic (exact) mass is 403 g/mol. The van der Waals surface area contributed by atoms with Crippen LogP contribution in [-0.4, -0.2) is 16.1 Å². The Bertz CT molecular complexity index is 1200. The number of benzene rings is 2. The van der Waals surface area contributed by atoms with Gasteiger partial charge in [-0.2, -0.15) is 5.10 Å². The molecule has 1 amide bonds. The Kier molecular flexibility index (Phi) is 5.27. The van der Waals surface area contributed by atoms with Gasteiger partial charge in [0.05, 0.1) is 11.4 Å². The van der Waals surface area contributed by atoms with Crippen molar-refractivity contribution in [3.05, 3.63) is 98.1 Å². The second kappa shape index (κ2) is 8.01. The summed E-state index contributed by atoms with van der Waals surface area (Å²) < 4.78 is 0. The molecule has 0 aliphatic rings. The van der Waals surface area contributed by atoms with Crippen molar-refractivity contribution in [3.63, 3.8) is 0 Å². The van der Waals surface area contributed by atoms with Gasteiger partial charge in [0.1, 0.15) is 0 Å². The molecule has 4 rings (SSSR count). The number of nitrogens with zero attached hydrogens (tertiary/aromatic N) is 1. The second-order valence-corrected chi connectivity index (χ2v) is 8.17. The number of aromatic nitrogens is 2. The molecule has 0 fully saturated rings. The first-order valence-electron chi connectivity index (χ1n) is 9.46. The van der Waals surface area contributed by atoms with Gasteiger partial charge in [0.15, 0.2) is 5.69 Å². The minimum atomic E-state index is -0.330. The molecule has 0 saturated carbocycles. The third-order valence-electron chi connectivity index (χ3n) is 4.95. The van der Waals surface area contributed by atoms with Crippen molar-refractivity contribution in [2.45, 2.75) is 25.8 Å². The number of rotatable bonds is 5. The Morgan fingerprint density at radius 2 is 1.66 bits per heavy atom. The highest BCUT2D eigenvalue weighted by Gasteiger charge is 2.21. The van der Waals surface area contributed by atoms with Crippen LogP contribution in [0.3, 0.4) is 0 Å². The highest BCUT2D eigenvalue weighted by molar-refractivity contribution is 7.10. The first-order valence-corrected chi connectivity index (χ1v) is 10.3. The van der Waals surface area contributed by atoms with Gasteiger partial charge in [0, 0.05) is 10.3 Å². The van der Waals surface area contributed by atoms with E-state index in [9.17, 15) is 9.59 Å². The maximum atomic E-state index is 13.1. The summed E-state index contributed by atoms with van der Waals surface area (Å²) in [5.74, 6) is 0.110. The molecular formula is C23H21N3O2S. The number of hydrogen-bond donors (Lipinski definition) is 2. The lowest BCUT2D eigenvalue weighted by atomic mass is 9.98. The normalized spacial score (nSPS) is 12.2. The average Bonchev–Trinajstić information content (AvgIpc) is 3.27. The van der Waals surface area contributed by atoms with Crippen LogP contribution in [0, 0.1) is 0 Å². The quantitative estimate of drug-likeness (QED) is 0.510. The van der Waals surface area contributed by atoms with E-state index in [0.29, 0.717) is 16.7 Å². The predicted octanol–water partition coefficient (Wildman–Crippen LogP) is 4.63. The fourth-order valence-corrected chi connectivity index (χ4v) is 4.14. The van der Waals surface area contributed by atoms with E-state index in [4.69, 9.17) is 0 Å². The van der Waals surface area contributed by atoms with Crippen molar-refractivity contribution >= 4 is 28.0 Å². The Labute approximate surface area is 172 Å². The molecule has 1 unspecified atom stereocenters. The summed E-state index contributed by atoms with van der Waals surface area (Å²) in [4.78, 5) is 26.2. The topological polar surface area (TPSA) is 74.8 Å². The minimum absolute atomic E-state index is 0.209. The molecule has 0 aliphatic carbocycles. The van der Waals surface area contributed by atoms with Crippen LogP contribution in [0.15, 0.2) is 70.8 Å². The third-order valence-corrected chi connectivity index (χ3v) is 5.89. The molecule has 6 heteroatoms. The lowest BCUT2D eigenvalue weighted by Gasteiger charge is -2.19. The van der Waals surface area contributed by atoms with Crippen molar-refractivity contribution in [2.24, 2.45) is 0 Å². The van der Waals surface area contributed by atoms with E-state index in [1.807, 2.05) is 17.5 Å². The largest absolute Gasteiger partial charge is 0.339 e. The number of H-pyrrole nitrogens is 1. The first-order chi connectivity index (χ1) is 14.0. The van der Waals surface area contributed by atoms with Crippen molar-refractivity contribution < 1.29 is 4.79 Å². The molecule has 0 aliphatic heterocycles. The Balaban J connectivity index is 1.71. The van der Waals surface area contributed by atoms with Gasteiger partial charge in [-0.05, 0) is 34.6 Å². The second-order valence-electron chi connectivity index (χ2n) is 7.19. The fourth-order valence-electron chi connectivity index (χ4n) is 3.33. The molecule has 0 bridgehead atoms. The van der Waals surface area contributed by atoms with E-state index in [0.717, 1.165) is 10.4 Å². The van der Waals surface area contributed by atoms with E-state index in [1.54, 1.807) is 35.6 Å². The summed E-state index contributed by atoms with van der Waals surface area (Å²) in [5, 5.41) is 12.5. The highest BCUT2D eigenvalue weighted by atomic mass is 32.1. The molecule has 4 aromatic rings. The van der Waals surface area contributed by atoms with Crippen LogP contribution < -0.4 is 10.9 Å². The fraction of sp³-hybridized carbons (Fsp3) is 0.174. The molecule has 2 aromatic heterocycles. The number of aromatic amines is 1. The van der Waals surface area contributed by atoms with Crippen LogP contribution >= 0.6 is 11.3 Å². The molecular weight excluding hydrogens is 382 g/mol. The lowest BCUT2D eigenvalue weighted by molar-refractivity contribution is 0.0939. The maximum Gasteiger partial charge on any atom is 0.273 e. The van der Waals surface area contributed by atoms with Gasteiger partial charge >= 0.3 is 0 Å². The van der Waals surface area contributed by atoms with Gasteiger partial charge < -0.3 is 5.32 Å². The van der Waals surface area contributed by atoms with Crippen LogP contribution in [0.25, 0.3) is 10.8 Å². The smallest absolute Gasteiger partial charge is 0.273 e. The summed E-state index contributed by atoms with van der Waals surface area (Å²) in [6.07, 6.45) is 0. The van der Waals surface area contributed by atoms with E-state index in [-0.39, 0.29) is 23.2 Å². The maximum absolute atomic E-state index is 13.1. The zero-order valence-corrected chi connectivity index (χ0v) is 17.0. The Hall–Kier alpha value is -3.25. The molecule has 5 nitrogen and oxygen atoms in total. The predicted molar refractivity (Wildman–Crippen MR) is 117 cm³/mol. The van der Waals surface area contributed by atoms with Crippen molar-refractivity contribution in [1.29, 1.82) is 0 Å². The zero-order valence-electron chi connectivity index (χ0n) is 16.2. The standard InChI is InChI=1S/C23H21N3O2S/c1-14(2)15-9-11-16(12-10-15)20(19-8-5-13-29-19)24-23(28)21-17-6-3-4-7-18(17)22(27)26-25-21/h3-14,20H,1-2H3,(H,24,28)(H,26,27). The summed E-state index contributed by atoms with van der Waals surface area (Å²) >= 11 is 1.59. The number of carbonyl (C=O) groups excluding carboxylic acids is 1. The number of thiophene rings is 1. The molecule has 2 N–H and O–H groups in total. The molecule has 1 atom stereocenters. The summed E-state index contributed by atoms with van der Waals surface area (Å²) in [6, 6.07) is 19.0. The third kappa shape index (κ3) is 3.84. The first kappa shape index (κ1) is 19.1. The average molecular weight is 404 g/mol. The number of hydrogen-bond acceptors (Lipinski definition) is 4. The van der Waals surface area contributed by atoms with Crippen molar-refractivity contribution in [2.75, 3.05) is 0 Å². The van der Waals surface area contributed by atoms with Crippen LogP contribution in [0.1, 0.15) is 52.3 Å². The highest BCUT2D eigenvalue weighted by Crippen LogP contribution is 2.28. The van der Waals surface area contributed by atoms with E-state index in [1.165, 1.54) is 5.56 Å². The summed E-state index contributed by atoms with van der Waals surface area (Å²) in [6.45, 7) is 4.31. The summed E-state index contributed by atoms with van der Waals surface area (Å²) in [7, 11) is 0. The van der Waals surface area contributed by atoms with E-state index >= 15 is 0 Å². The van der Waals surface area contributed by atoms with Crippen LogP contribution in [-0.2, 0) is 0 Å². The van der Waals surface area contributed by atoms with Gasteiger partial charge in [-0.15, -0.1) is 11.3 Å². The van der Waals surface area contributed by atoms with Gasteiger partial charge in [-0.1, -0.05) is 62.4 Å². The number of amides is 1. The Morgan fingerprint density at radius 1 is 0.966 bits per heavy atom. The van der Waals surface area contributed by atoms with E-state index in [2.05, 4.69) is 53.6 Å². The van der Waals surface area contributed by atoms with Crippen molar-refractivity contribution in [3.8, 4) is 0 Å². The van der Waals surface area contributed by atoms with Gasteiger partial charge in [-0.25, -0.2) is 5.10 Å². The molecule has 2 heterocycles. The number of nitrogens with one attached hydrogen (secondary N) is 2. The van der Waals surface area contributed by atoms with Crippen LogP contribution in [0.5, 0.6) is 0 Å². The van der Waals surface area contributed by atoms with Crippen LogP contribution in [0.2, 0.25) is 0 Å². The minimum Gasteiger partial charge on any atom is -0.339 e. The SMILES string of the molecule is CC(C)c1ccc(C(NC(=O)c2n[nH]c(=O)c3ccccc23)c2cccs2)cc1. The van der Waals surface area contributed by atoms with Crippen LogP contribution in [0.4, 0.5) is 0 Å². The molecule has 0 saturated heterocycles. The zero-order chi connectivity index (χ0) is 20.4. The molecule has 0 radical (unpaired) electrons. The molecule has 0 spiro atoms. The number of carbonyl (C=O) groups is 1. The van der Waals surface area contributed by atoms with Crippen molar-refractivity contribution in [1.82, 2.24) is 15.5 Å². The number of fused-ring (bicyclic) bond motifs is 1. The van der Waals surface area contributed by atoms with E-state index < -0.39 is 0 Å². The van der Waals surface area contributed by atoms with Gasteiger partial charge in [0.2, 0.25) is 0 Å².